The van der Waals surface area contributed by atoms with Crippen LogP contribution in [-0.2, 0) is 5.88 Å². The Kier molecular flexibility index (Phi) is 3.57. The lowest BCUT2D eigenvalue weighted by atomic mass is 10.1. The van der Waals surface area contributed by atoms with Gasteiger partial charge >= 0.3 is 0 Å². The zero-order valence-electron chi connectivity index (χ0n) is 11.3. The van der Waals surface area contributed by atoms with E-state index in [-0.39, 0.29) is 0 Å². The summed E-state index contributed by atoms with van der Waals surface area (Å²) in [7, 11) is 0. The minimum absolute atomic E-state index is 0.388. The molecular formula is C16H14BrClN2. The van der Waals surface area contributed by atoms with Crippen molar-refractivity contribution in [1.29, 1.82) is 0 Å². The average Bonchev–Trinajstić information content (AvgIpc) is 2.74. The van der Waals surface area contributed by atoms with E-state index in [9.17, 15) is 0 Å². The van der Waals surface area contributed by atoms with Gasteiger partial charge in [-0.1, -0.05) is 22.0 Å². The highest BCUT2D eigenvalue weighted by molar-refractivity contribution is 9.10. The van der Waals surface area contributed by atoms with E-state index in [0.29, 0.717) is 5.88 Å². The molecule has 0 bridgehead atoms. The van der Waals surface area contributed by atoms with Crippen molar-refractivity contribution in [3.63, 3.8) is 0 Å². The Morgan fingerprint density at radius 1 is 1.10 bits per heavy atom. The van der Waals surface area contributed by atoms with E-state index in [2.05, 4.69) is 63.6 Å². The third kappa shape index (κ3) is 2.36. The predicted molar refractivity (Wildman–Crippen MR) is 87.8 cm³/mol. The summed E-state index contributed by atoms with van der Waals surface area (Å²) in [5, 5.41) is 0. The first kappa shape index (κ1) is 13.7. The number of fused-ring (bicyclic) bond motifs is 1. The van der Waals surface area contributed by atoms with Gasteiger partial charge in [0, 0.05) is 10.2 Å². The third-order valence-corrected chi connectivity index (χ3v) is 4.00. The molecule has 1 heterocycles. The van der Waals surface area contributed by atoms with Crippen LogP contribution in [0.5, 0.6) is 0 Å². The largest absolute Gasteiger partial charge is 0.295 e. The molecule has 2 nitrogen and oxygen atoms in total. The topological polar surface area (TPSA) is 17.8 Å². The molecule has 0 N–H and O–H groups in total. The minimum Gasteiger partial charge on any atom is -0.295 e. The quantitative estimate of drug-likeness (QED) is 0.585. The molecule has 4 heteroatoms. The normalized spacial score (nSPS) is 11.2. The summed E-state index contributed by atoms with van der Waals surface area (Å²) in [6.45, 7) is 4.21. The van der Waals surface area contributed by atoms with E-state index in [0.717, 1.165) is 27.0 Å². The van der Waals surface area contributed by atoms with E-state index in [1.54, 1.807) is 0 Å². The molecule has 0 saturated heterocycles. The Morgan fingerprint density at radius 2 is 1.80 bits per heavy atom. The van der Waals surface area contributed by atoms with E-state index in [4.69, 9.17) is 11.6 Å². The van der Waals surface area contributed by atoms with Gasteiger partial charge in [0.15, 0.2) is 0 Å². The Morgan fingerprint density at radius 3 is 2.45 bits per heavy atom. The lowest BCUT2D eigenvalue weighted by molar-refractivity contribution is 0.978. The second kappa shape index (κ2) is 5.23. The molecule has 0 aliphatic carbocycles. The summed E-state index contributed by atoms with van der Waals surface area (Å²) >= 11 is 9.56. The number of alkyl halides is 1. The minimum atomic E-state index is 0.388. The highest BCUT2D eigenvalue weighted by Gasteiger charge is 2.12. The highest BCUT2D eigenvalue weighted by atomic mass is 79.9. The molecule has 3 aromatic rings. The van der Waals surface area contributed by atoms with Gasteiger partial charge in [0.2, 0.25) is 0 Å². The number of nitrogens with zero attached hydrogens (tertiary/aromatic N) is 2. The third-order valence-electron chi connectivity index (χ3n) is 3.27. The molecule has 0 unspecified atom stereocenters. The van der Waals surface area contributed by atoms with Crippen LogP contribution < -0.4 is 0 Å². The van der Waals surface area contributed by atoms with Crippen molar-refractivity contribution in [2.24, 2.45) is 0 Å². The molecule has 0 amide bonds. The van der Waals surface area contributed by atoms with Crippen LogP contribution in [0.15, 0.2) is 40.9 Å². The maximum atomic E-state index is 6.08. The van der Waals surface area contributed by atoms with Crippen LogP contribution in [0.1, 0.15) is 17.0 Å². The number of halogens is 2. The van der Waals surface area contributed by atoms with Crippen molar-refractivity contribution in [1.82, 2.24) is 9.55 Å². The van der Waals surface area contributed by atoms with Gasteiger partial charge in [-0.05, 0) is 55.3 Å². The maximum absolute atomic E-state index is 6.08. The first-order chi connectivity index (χ1) is 9.58. The number of benzene rings is 2. The SMILES string of the molecule is Cc1cc(C)cc(-n2c(CCl)nc3cc(Br)ccc32)c1. The zero-order chi connectivity index (χ0) is 14.3. The van der Waals surface area contributed by atoms with Crippen molar-refractivity contribution in [2.75, 3.05) is 0 Å². The smallest absolute Gasteiger partial charge is 0.129 e. The average molecular weight is 350 g/mol. The van der Waals surface area contributed by atoms with Gasteiger partial charge in [-0.25, -0.2) is 4.98 Å². The molecule has 0 saturated carbocycles. The summed E-state index contributed by atoms with van der Waals surface area (Å²) in [4.78, 5) is 4.63. The van der Waals surface area contributed by atoms with Crippen LogP contribution in [0, 0.1) is 13.8 Å². The molecule has 2 aromatic carbocycles. The first-order valence-corrected chi connectivity index (χ1v) is 7.73. The molecule has 0 radical (unpaired) electrons. The van der Waals surface area contributed by atoms with Gasteiger partial charge in [0.1, 0.15) is 5.82 Å². The number of imidazole rings is 1. The second-order valence-electron chi connectivity index (χ2n) is 4.98. The van der Waals surface area contributed by atoms with Crippen molar-refractivity contribution < 1.29 is 0 Å². The molecule has 0 aliphatic rings. The Hall–Kier alpha value is -1.32. The van der Waals surface area contributed by atoms with Crippen molar-refractivity contribution in [3.8, 4) is 5.69 Å². The predicted octanol–water partition coefficient (Wildman–Crippen LogP) is 5.14. The highest BCUT2D eigenvalue weighted by Crippen LogP contribution is 2.26. The molecule has 3 rings (SSSR count). The zero-order valence-corrected chi connectivity index (χ0v) is 13.7. The summed E-state index contributed by atoms with van der Waals surface area (Å²) < 4.78 is 3.16. The number of rotatable bonds is 2. The van der Waals surface area contributed by atoms with Crippen molar-refractivity contribution in [2.45, 2.75) is 19.7 Å². The van der Waals surface area contributed by atoms with Crippen LogP contribution in [0.2, 0.25) is 0 Å². The van der Waals surface area contributed by atoms with Crippen LogP contribution in [0.3, 0.4) is 0 Å². The summed E-state index contributed by atoms with van der Waals surface area (Å²) in [6, 6.07) is 12.6. The molecule has 1 aromatic heterocycles. The Balaban J connectivity index is 2.33. The van der Waals surface area contributed by atoms with Crippen LogP contribution in [-0.4, -0.2) is 9.55 Å². The molecule has 0 aliphatic heterocycles. The fourth-order valence-corrected chi connectivity index (χ4v) is 3.09. The molecular weight excluding hydrogens is 336 g/mol. The maximum Gasteiger partial charge on any atom is 0.129 e. The number of hydrogen-bond donors (Lipinski definition) is 0. The van der Waals surface area contributed by atoms with Crippen LogP contribution in [0.25, 0.3) is 16.7 Å². The Labute approximate surface area is 131 Å². The van der Waals surface area contributed by atoms with E-state index in [1.165, 1.54) is 11.1 Å². The summed E-state index contributed by atoms with van der Waals surface area (Å²) in [6.07, 6.45) is 0. The van der Waals surface area contributed by atoms with Crippen LogP contribution in [0.4, 0.5) is 0 Å². The molecule has 20 heavy (non-hydrogen) atoms. The van der Waals surface area contributed by atoms with E-state index in [1.807, 2.05) is 12.1 Å². The second-order valence-corrected chi connectivity index (χ2v) is 6.16. The standard InChI is InChI=1S/C16H14BrClN2/c1-10-5-11(2)7-13(6-10)20-15-4-3-12(17)8-14(15)19-16(20)9-18/h3-8H,9H2,1-2H3. The lowest BCUT2D eigenvalue weighted by Crippen LogP contribution is -2.00. The fraction of sp³-hybridized carbons (Fsp3) is 0.188. The van der Waals surface area contributed by atoms with E-state index < -0.39 is 0 Å². The number of hydrogen-bond acceptors (Lipinski definition) is 1. The van der Waals surface area contributed by atoms with Gasteiger partial charge in [-0.2, -0.15) is 0 Å². The molecule has 102 valence electrons. The molecule has 0 atom stereocenters. The number of aryl methyl sites for hydroxylation is 2. The fourth-order valence-electron chi connectivity index (χ4n) is 2.56. The summed E-state index contributed by atoms with van der Waals surface area (Å²) in [5.41, 5.74) is 5.62. The van der Waals surface area contributed by atoms with Gasteiger partial charge in [-0.15, -0.1) is 11.6 Å². The van der Waals surface area contributed by atoms with E-state index >= 15 is 0 Å². The Bertz CT molecular complexity index is 772. The van der Waals surface area contributed by atoms with Gasteiger partial charge in [-0.3, -0.25) is 4.57 Å². The molecule has 0 spiro atoms. The van der Waals surface area contributed by atoms with Crippen LogP contribution >= 0.6 is 27.5 Å². The van der Waals surface area contributed by atoms with Gasteiger partial charge in [0.05, 0.1) is 16.9 Å². The lowest BCUT2D eigenvalue weighted by Gasteiger charge is -2.10. The van der Waals surface area contributed by atoms with Gasteiger partial charge < -0.3 is 0 Å². The van der Waals surface area contributed by atoms with Crippen molar-refractivity contribution >= 4 is 38.6 Å². The monoisotopic (exact) mass is 348 g/mol. The summed E-state index contributed by atoms with van der Waals surface area (Å²) in [5.74, 6) is 1.25. The molecule has 0 fully saturated rings. The first-order valence-electron chi connectivity index (χ1n) is 6.40. The van der Waals surface area contributed by atoms with Crippen molar-refractivity contribution in [3.05, 3.63) is 57.8 Å². The number of aromatic nitrogens is 2. The van der Waals surface area contributed by atoms with Gasteiger partial charge in [0.25, 0.3) is 0 Å².